The molecule has 0 fully saturated rings. The standard InChI is InChI=1S/C13H14F2N2O2/c1-12(9-16,19-11(17)18)8-13(14,15)7-10-5-3-2-4-6-10/h2-6H,7-8H2,1H3,(H2,17,18). The highest BCUT2D eigenvalue weighted by molar-refractivity contribution is 5.65. The van der Waals surface area contributed by atoms with Crippen molar-refractivity contribution in [2.75, 3.05) is 0 Å². The fourth-order valence-electron chi connectivity index (χ4n) is 1.77. The number of amides is 1. The molecule has 0 saturated carbocycles. The first-order chi connectivity index (χ1) is 8.76. The van der Waals surface area contributed by atoms with Crippen molar-refractivity contribution in [2.24, 2.45) is 5.73 Å². The largest absolute Gasteiger partial charge is 0.428 e. The molecule has 1 aromatic rings. The molecule has 0 heterocycles. The average Bonchev–Trinajstić information content (AvgIpc) is 2.27. The van der Waals surface area contributed by atoms with E-state index in [1.165, 1.54) is 0 Å². The monoisotopic (exact) mass is 268 g/mol. The average molecular weight is 268 g/mol. The molecule has 2 N–H and O–H groups in total. The number of halogens is 2. The highest BCUT2D eigenvalue weighted by atomic mass is 19.3. The fourth-order valence-corrected chi connectivity index (χ4v) is 1.77. The van der Waals surface area contributed by atoms with Gasteiger partial charge in [0.2, 0.25) is 5.60 Å². The smallest absolute Gasteiger partial charge is 0.406 e. The molecule has 4 nitrogen and oxygen atoms in total. The van der Waals surface area contributed by atoms with Crippen LogP contribution >= 0.6 is 0 Å². The maximum Gasteiger partial charge on any atom is 0.406 e. The van der Waals surface area contributed by atoms with Crippen LogP contribution in [0.1, 0.15) is 18.9 Å². The van der Waals surface area contributed by atoms with Crippen LogP contribution in [0.2, 0.25) is 0 Å². The summed E-state index contributed by atoms with van der Waals surface area (Å²) in [5.41, 5.74) is 3.26. The Bertz CT molecular complexity index is 485. The Balaban J connectivity index is 2.78. The number of benzene rings is 1. The van der Waals surface area contributed by atoms with E-state index in [4.69, 9.17) is 11.0 Å². The molecule has 0 spiro atoms. The van der Waals surface area contributed by atoms with E-state index in [1.54, 1.807) is 36.4 Å². The minimum absolute atomic E-state index is 0.437. The highest BCUT2D eigenvalue weighted by Crippen LogP contribution is 2.31. The number of carbonyl (C=O) groups excluding carboxylic acids is 1. The van der Waals surface area contributed by atoms with E-state index in [9.17, 15) is 13.6 Å². The number of hydrogen-bond donors (Lipinski definition) is 1. The predicted octanol–water partition coefficient (Wildman–Crippen LogP) is 2.63. The normalized spacial score (nSPS) is 14.2. The van der Waals surface area contributed by atoms with Gasteiger partial charge in [-0.25, -0.2) is 13.6 Å². The SMILES string of the molecule is CC(C#N)(CC(F)(F)Cc1ccccc1)OC(N)=O. The van der Waals surface area contributed by atoms with Crippen LogP contribution in [0.15, 0.2) is 30.3 Å². The van der Waals surface area contributed by atoms with Gasteiger partial charge in [-0.1, -0.05) is 30.3 Å². The third-order valence-corrected chi connectivity index (χ3v) is 2.46. The van der Waals surface area contributed by atoms with Gasteiger partial charge in [0.05, 0.1) is 6.42 Å². The Hall–Kier alpha value is -2.16. The summed E-state index contributed by atoms with van der Waals surface area (Å²) >= 11 is 0. The van der Waals surface area contributed by atoms with Crippen molar-refractivity contribution in [3.05, 3.63) is 35.9 Å². The number of alkyl halides is 2. The molecular formula is C13H14F2N2O2. The minimum atomic E-state index is -3.18. The molecule has 0 saturated heterocycles. The Morgan fingerprint density at radius 2 is 2.00 bits per heavy atom. The van der Waals surface area contributed by atoms with Gasteiger partial charge in [-0.3, -0.25) is 0 Å². The van der Waals surface area contributed by atoms with Crippen LogP contribution in [0.25, 0.3) is 0 Å². The summed E-state index contributed by atoms with van der Waals surface area (Å²) in [4.78, 5) is 10.6. The lowest BCUT2D eigenvalue weighted by Gasteiger charge is -2.26. The van der Waals surface area contributed by atoms with Gasteiger partial charge in [-0.2, -0.15) is 5.26 Å². The second-order valence-electron chi connectivity index (χ2n) is 4.46. The van der Waals surface area contributed by atoms with Gasteiger partial charge in [0, 0.05) is 6.42 Å². The van der Waals surface area contributed by atoms with E-state index >= 15 is 0 Å². The van der Waals surface area contributed by atoms with Crippen LogP contribution < -0.4 is 5.73 Å². The lowest BCUT2D eigenvalue weighted by Crippen LogP contribution is -2.39. The van der Waals surface area contributed by atoms with Gasteiger partial charge in [-0.15, -0.1) is 0 Å². The predicted molar refractivity (Wildman–Crippen MR) is 64.4 cm³/mol. The van der Waals surface area contributed by atoms with Gasteiger partial charge >= 0.3 is 6.09 Å². The zero-order valence-electron chi connectivity index (χ0n) is 10.4. The molecule has 1 atom stereocenters. The van der Waals surface area contributed by atoms with E-state index < -0.39 is 30.5 Å². The summed E-state index contributed by atoms with van der Waals surface area (Å²) in [5.74, 6) is -3.18. The maximum atomic E-state index is 13.9. The van der Waals surface area contributed by atoms with Crippen molar-refractivity contribution in [3.63, 3.8) is 0 Å². The van der Waals surface area contributed by atoms with Crippen molar-refractivity contribution in [1.82, 2.24) is 0 Å². The van der Waals surface area contributed by atoms with Crippen molar-refractivity contribution < 1.29 is 18.3 Å². The van der Waals surface area contributed by atoms with Crippen LogP contribution in [0.5, 0.6) is 0 Å². The van der Waals surface area contributed by atoms with E-state index in [0.29, 0.717) is 5.56 Å². The van der Waals surface area contributed by atoms with E-state index in [-0.39, 0.29) is 0 Å². The molecule has 1 aromatic carbocycles. The zero-order chi connectivity index (χ0) is 14.5. The summed E-state index contributed by atoms with van der Waals surface area (Å²) in [5, 5.41) is 8.85. The lowest BCUT2D eigenvalue weighted by molar-refractivity contribution is -0.0624. The molecule has 6 heteroatoms. The second-order valence-corrected chi connectivity index (χ2v) is 4.46. The van der Waals surface area contributed by atoms with Crippen LogP contribution in [-0.2, 0) is 11.2 Å². The quantitative estimate of drug-likeness (QED) is 0.891. The fraction of sp³-hybridized carbons (Fsp3) is 0.385. The molecular weight excluding hydrogens is 254 g/mol. The third kappa shape index (κ3) is 4.92. The summed E-state index contributed by atoms with van der Waals surface area (Å²) in [7, 11) is 0. The number of nitrogens with two attached hydrogens (primary N) is 1. The van der Waals surface area contributed by atoms with Crippen molar-refractivity contribution >= 4 is 6.09 Å². The van der Waals surface area contributed by atoms with Gasteiger partial charge < -0.3 is 10.5 Å². The number of nitriles is 1. The van der Waals surface area contributed by atoms with Crippen LogP contribution in [-0.4, -0.2) is 17.6 Å². The van der Waals surface area contributed by atoms with Crippen molar-refractivity contribution in [1.29, 1.82) is 5.26 Å². The van der Waals surface area contributed by atoms with Crippen molar-refractivity contribution in [2.45, 2.75) is 31.3 Å². The Morgan fingerprint density at radius 3 is 2.47 bits per heavy atom. The Kier molecular flexibility index (Phi) is 4.43. The first-order valence-electron chi connectivity index (χ1n) is 5.58. The molecule has 0 radical (unpaired) electrons. The van der Waals surface area contributed by atoms with Crippen LogP contribution in [0.3, 0.4) is 0 Å². The first kappa shape index (κ1) is 14.9. The van der Waals surface area contributed by atoms with Crippen LogP contribution in [0, 0.1) is 11.3 Å². The number of hydrogen-bond acceptors (Lipinski definition) is 3. The summed E-state index contributed by atoms with van der Waals surface area (Å²) < 4.78 is 32.2. The number of carbonyl (C=O) groups is 1. The molecule has 19 heavy (non-hydrogen) atoms. The van der Waals surface area contributed by atoms with Gasteiger partial charge in [0.25, 0.3) is 5.92 Å². The minimum Gasteiger partial charge on any atom is -0.428 e. The molecule has 1 amide bonds. The molecule has 0 aliphatic carbocycles. The van der Waals surface area contributed by atoms with E-state index in [1.807, 2.05) is 0 Å². The zero-order valence-corrected chi connectivity index (χ0v) is 10.4. The number of nitrogens with zero attached hydrogens (tertiary/aromatic N) is 1. The molecule has 1 unspecified atom stereocenters. The van der Waals surface area contributed by atoms with Gasteiger partial charge in [0.1, 0.15) is 6.07 Å². The molecule has 0 aliphatic rings. The second kappa shape index (κ2) is 5.65. The number of primary amides is 1. The molecule has 0 aliphatic heterocycles. The lowest BCUT2D eigenvalue weighted by atomic mass is 9.95. The van der Waals surface area contributed by atoms with Gasteiger partial charge in [0.15, 0.2) is 0 Å². The number of rotatable bonds is 5. The van der Waals surface area contributed by atoms with Crippen LogP contribution in [0.4, 0.5) is 13.6 Å². The summed E-state index contributed by atoms with van der Waals surface area (Å²) in [6, 6.07) is 9.69. The Morgan fingerprint density at radius 1 is 1.42 bits per heavy atom. The summed E-state index contributed by atoms with van der Waals surface area (Å²) in [6.07, 6.45) is -2.69. The maximum absolute atomic E-state index is 13.9. The molecule has 0 bridgehead atoms. The molecule has 1 rings (SSSR count). The molecule has 102 valence electrons. The Labute approximate surface area is 109 Å². The number of ether oxygens (including phenoxy) is 1. The van der Waals surface area contributed by atoms with E-state index in [2.05, 4.69) is 4.74 Å². The third-order valence-electron chi connectivity index (χ3n) is 2.46. The van der Waals surface area contributed by atoms with E-state index in [0.717, 1.165) is 6.92 Å². The molecule has 0 aromatic heterocycles. The topological polar surface area (TPSA) is 76.1 Å². The van der Waals surface area contributed by atoms with Crippen molar-refractivity contribution in [3.8, 4) is 6.07 Å². The first-order valence-corrected chi connectivity index (χ1v) is 5.58. The summed E-state index contributed by atoms with van der Waals surface area (Å²) in [6.45, 7) is 1.11. The highest BCUT2D eigenvalue weighted by Gasteiger charge is 2.42. The van der Waals surface area contributed by atoms with Gasteiger partial charge in [-0.05, 0) is 12.5 Å².